The first-order valence-corrected chi connectivity index (χ1v) is 7.33. The average Bonchev–Trinajstić information content (AvgIpc) is 3.00. The molecule has 0 aliphatic carbocycles. The Morgan fingerprint density at radius 1 is 1.17 bits per heavy atom. The predicted octanol–water partition coefficient (Wildman–Crippen LogP) is 3.40. The second-order valence-corrected chi connectivity index (χ2v) is 5.41. The molecule has 1 heterocycles. The maximum Gasteiger partial charge on any atom is 0.161 e. The Kier molecular flexibility index (Phi) is 4.23. The van der Waals surface area contributed by atoms with Crippen molar-refractivity contribution in [2.75, 3.05) is 7.11 Å². The second-order valence-electron chi connectivity index (χ2n) is 4.97. The lowest BCUT2D eigenvalue weighted by atomic mass is 10.1. The smallest absolute Gasteiger partial charge is 0.161 e. The molecule has 0 spiro atoms. The molecular formula is C17H15ClN2O3. The van der Waals surface area contributed by atoms with Gasteiger partial charge in [-0.25, -0.2) is 4.68 Å². The first-order valence-electron chi connectivity index (χ1n) is 6.95. The van der Waals surface area contributed by atoms with Gasteiger partial charge in [-0.2, -0.15) is 5.10 Å². The molecule has 3 rings (SSSR count). The Labute approximate surface area is 138 Å². The van der Waals surface area contributed by atoms with Crippen LogP contribution in [0.4, 0.5) is 0 Å². The van der Waals surface area contributed by atoms with E-state index in [1.54, 1.807) is 35.1 Å². The standard InChI is InChI=1S/C17H15ClN2O3/c1-23-16-8-11(2-7-15(16)22)17-12(10-21)9-20(19-17)14-5-3-13(18)4-6-14/h2-9,21-22H,10H2,1H3. The van der Waals surface area contributed by atoms with Crippen molar-refractivity contribution < 1.29 is 14.9 Å². The van der Waals surface area contributed by atoms with Crippen LogP contribution >= 0.6 is 11.6 Å². The van der Waals surface area contributed by atoms with Crippen molar-refractivity contribution in [3.05, 3.63) is 59.2 Å². The number of phenolic OH excluding ortho intramolecular Hbond substituents is 1. The van der Waals surface area contributed by atoms with Crippen molar-refractivity contribution in [1.82, 2.24) is 9.78 Å². The van der Waals surface area contributed by atoms with Crippen molar-refractivity contribution in [2.45, 2.75) is 6.61 Å². The van der Waals surface area contributed by atoms with E-state index in [-0.39, 0.29) is 12.4 Å². The van der Waals surface area contributed by atoms with Crippen molar-refractivity contribution >= 4 is 11.6 Å². The molecule has 0 saturated carbocycles. The minimum atomic E-state index is -0.147. The molecule has 0 unspecified atom stereocenters. The summed E-state index contributed by atoms with van der Waals surface area (Å²) in [6, 6.07) is 12.2. The lowest BCUT2D eigenvalue weighted by Gasteiger charge is -2.06. The van der Waals surface area contributed by atoms with E-state index < -0.39 is 0 Å². The number of hydrogen-bond acceptors (Lipinski definition) is 4. The van der Waals surface area contributed by atoms with Gasteiger partial charge in [0.25, 0.3) is 0 Å². The predicted molar refractivity (Wildman–Crippen MR) is 88.1 cm³/mol. The normalized spacial score (nSPS) is 10.7. The maximum absolute atomic E-state index is 9.71. The monoisotopic (exact) mass is 330 g/mol. The van der Waals surface area contributed by atoms with E-state index in [4.69, 9.17) is 16.3 Å². The number of aromatic hydroxyl groups is 1. The van der Waals surface area contributed by atoms with Crippen LogP contribution < -0.4 is 4.74 Å². The molecule has 0 radical (unpaired) electrons. The zero-order valence-electron chi connectivity index (χ0n) is 12.4. The Bertz CT molecular complexity index is 828. The molecular weight excluding hydrogens is 316 g/mol. The number of benzene rings is 2. The summed E-state index contributed by atoms with van der Waals surface area (Å²) >= 11 is 5.90. The number of hydrogen-bond donors (Lipinski definition) is 2. The Morgan fingerprint density at radius 2 is 1.91 bits per heavy atom. The molecule has 2 aromatic carbocycles. The number of nitrogens with zero attached hydrogens (tertiary/aromatic N) is 2. The number of ether oxygens (including phenoxy) is 1. The summed E-state index contributed by atoms with van der Waals surface area (Å²) in [6.45, 7) is -0.147. The van der Waals surface area contributed by atoms with Crippen LogP contribution in [0.15, 0.2) is 48.7 Å². The molecule has 0 bridgehead atoms. The van der Waals surface area contributed by atoms with Crippen LogP contribution in [0.2, 0.25) is 5.02 Å². The lowest BCUT2D eigenvalue weighted by Crippen LogP contribution is -1.94. The average molecular weight is 331 g/mol. The first-order chi connectivity index (χ1) is 11.1. The Morgan fingerprint density at radius 3 is 2.57 bits per heavy atom. The summed E-state index contributed by atoms with van der Waals surface area (Å²) in [5, 5.41) is 24.5. The van der Waals surface area contributed by atoms with E-state index in [0.29, 0.717) is 22.0 Å². The quantitative estimate of drug-likeness (QED) is 0.769. The number of halogens is 1. The number of aliphatic hydroxyl groups excluding tert-OH is 1. The van der Waals surface area contributed by atoms with Gasteiger partial charge >= 0.3 is 0 Å². The summed E-state index contributed by atoms with van der Waals surface area (Å²) < 4.78 is 6.80. The minimum Gasteiger partial charge on any atom is -0.504 e. The van der Waals surface area contributed by atoms with E-state index in [9.17, 15) is 10.2 Å². The molecule has 23 heavy (non-hydrogen) atoms. The largest absolute Gasteiger partial charge is 0.504 e. The zero-order valence-corrected chi connectivity index (χ0v) is 13.2. The molecule has 0 amide bonds. The van der Waals surface area contributed by atoms with E-state index >= 15 is 0 Å². The summed E-state index contributed by atoms with van der Waals surface area (Å²) in [6.07, 6.45) is 1.76. The van der Waals surface area contributed by atoms with E-state index in [1.807, 2.05) is 12.1 Å². The highest BCUT2D eigenvalue weighted by molar-refractivity contribution is 6.30. The van der Waals surface area contributed by atoms with Gasteiger partial charge < -0.3 is 14.9 Å². The number of phenols is 1. The number of aliphatic hydroxyl groups is 1. The van der Waals surface area contributed by atoms with Gasteiger partial charge in [0.1, 0.15) is 0 Å². The van der Waals surface area contributed by atoms with Gasteiger partial charge in [-0.3, -0.25) is 0 Å². The van der Waals surface area contributed by atoms with Crippen molar-refractivity contribution in [2.24, 2.45) is 0 Å². The lowest BCUT2D eigenvalue weighted by molar-refractivity contribution is 0.282. The minimum absolute atomic E-state index is 0.0546. The number of aromatic nitrogens is 2. The summed E-state index contributed by atoms with van der Waals surface area (Å²) in [7, 11) is 1.48. The van der Waals surface area contributed by atoms with Gasteiger partial charge in [-0.15, -0.1) is 0 Å². The fourth-order valence-electron chi connectivity index (χ4n) is 2.32. The summed E-state index contributed by atoms with van der Waals surface area (Å²) in [5.74, 6) is 0.409. The third-order valence-electron chi connectivity index (χ3n) is 3.50. The van der Waals surface area contributed by atoms with Gasteiger partial charge in [-0.05, 0) is 42.5 Å². The van der Waals surface area contributed by atoms with Gasteiger partial charge in [0.15, 0.2) is 11.5 Å². The van der Waals surface area contributed by atoms with Crippen LogP contribution in [0.1, 0.15) is 5.56 Å². The topological polar surface area (TPSA) is 67.5 Å². The van der Waals surface area contributed by atoms with Crippen molar-refractivity contribution in [1.29, 1.82) is 0 Å². The van der Waals surface area contributed by atoms with E-state index in [0.717, 1.165) is 11.3 Å². The van der Waals surface area contributed by atoms with Crippen molar-refractivity contribution in [3.63, 3.8) is 0 Å². The van der Waals surface area contributed by atoms with Gasteiger partial charge in [0.2, 0.25) is 0 Å². The SMILES string of the molecule is COc1cc(-c2nn(-c3ccc(Cl)cc3)cc2CO)ccc1O. The Balaban J connectivity index is 2.07. The van der Waals surface area contributed by atoms with Gasteiger partial charge in [0.05, 0.1) is 25.1 Å². The van der Waals surface area contributed by atoms with Crippen LogP contribution in [-0.2, 0) is 6.61 Å². The molecule has 0 aliphatic heterocycles. The number of methoxy groups -OCH3 is 1. The highest BCUT2D eigenvalue weighted by atomic mass is 35.5. The fourth-order valence-corrected chi connectivity index (χ4v) is 2.45. The number of rotatable bonds is 4. The first kappa shape index (κ1) is 15.4. The molecule has 0 atom stereocenters. The highest BCUT2D eigenvalue weighted by Crippen LogP contribution is 2.32. The van der Waals surface area contributed by atoms with Crippen LogP contribution in [0, 0.1) is 0 Å². The molecule has 1 aromatic heterocycles. The molecule has 118 valence electrons. The molecule has 0 fully saturated rings. The van der Waals surface area contributed by atoms with Crippen LogP contribution in [-0.4, -0.2) is 27.1 Å². The highest BCUT2D eigenvalue weighted by Gasteiger charge is 2.13. The molecule has 5 nitrogen and oxygen atoms in total. The van der Waals surface area contributed by atoms with E-state index in [1.165, 1.54) is 13.2 Å². The van der Waals surface area contributed by atoms with Crippen LogP contribution in [0.3, 0.4) is 0 Å². The third kappa shape index (κ3) is 3.02. The maximum atomic E-state index is 9.71. The molecule has 0 aliphatic rings. The molecule has 6 heteroatoms. The Hall–Kier alpha value is -2.50. The second kappa shape index (κ2) is 6.32. The zero-order chi connectivity index (χ0) is 16.4. The third-order valence-corrected chi connectivity index (χ3v) is 3.76. The molecule has 3 aromatic rings. The summed E-state index contributed by atoms with van der Waals surface area (Å²) in [5.41, 5.74) is 2.88. The fraction of sp³-hybridized carbons (Fsp3) is 0.118. The van der Waals surface area contributed by atoms with Crippen LogP contribution in [0.25, 0.3) is 16.9 Å². The molecule has 2 N–H and O–H groups in total. The van der Waals surface area contributed by atoms with Crippen molar-refractivity contribution in [3.8, 4) is 28.4 Å². The van der Waals surface area contributed by atoms with E-state index in [2.05, 4.69) is 5.10 Å². The molecule has 0 saturated heterocycles. The van der Waals surface area contributed by atoms with Crippen LogP contribution in [0.5, 0.6) is 11.5 Å². The summed E-state index contributed by atoms with van der Waals surface area (Å²) in [4.78, 5) is 0. The van der Waals surface area contributed by atoms with Gasteiger partial charge in [0, 0.05) is 22.3 Å². The van der Waals surface area contributed by atoms with Gasteiger partial charge in [-0.1, -0.05) is 11.6 Å².